The minimum atomic E-state index is 0.876. The van der Waals surface area contributed by atoms with Crippen molar-refractivity contribution in [2.24, 2.45) is 5.92 Å². The first kappa shape index (κ1) is 10.4. The molecular weight excluding hydrogens is 182 g/mol. The Morgan fingerprint density at radius 2 is 1.87 bits per heavy atom. The molecule has 0 saturated carbocycles. The van der Waals surface area contributed by atoms with Crippen molar-refractivity contribution in [1.29, 1.82) is 0 Å². The van der Waals surface area contributed by atoms with Gasteiger partial charge in [0.15, 0.2) is 0 Å². The van der Waals surface area contributed by atoms with Crippen LogP contribution in [0.4, 0.5) is 0 Å². The molecule has 1 nitrogen and oxygen atoms in total. The molecule has 0 radical (unpaired) electrons. The number of hydrogen-bond acceptors (Lipinski definition) is 1. The monoisotopic (exact) mass is 201 g/mol. The molecule has 80 valence electrons. The third kappa shape index (κ3) is 2.93. The average molecular weight is 201 g/mol. The van der Waals surface area contributed by atoms with Crippen LogP contribution in [-0.2, 0) is 6.42 Å². The second-order valence-corrected chi connectivity index (χ2v) is 4.34. The van der Waals surface area contributed by atoms with E-state index in [-0.39, 0.29) is 0 Å². The lowest BCUT2D eigenvalue weighted by Gasteiger charge is -2.22. The second-order valence-electron chi connectivity index (χ2n) is 4.34. The summed E-state index contributed by atoms with van der Waals surface area (Å²) >= 11 is 0. The molecule has 0 amide bonds. The van der Waals surface area contributed by atoms with Gasteiger partial charge in [0.2, 0.25) is 0 Å². The Kier molecular flexibility index (Phi) is 3.57. The van der Waals surface area contributed by atoms with Gasteiger partial charge >= 0.3 is 0 Å². The molecule has 0 aliphatic carbocycles. The van der Waals surface area contributed by atoms with E-state index in [0.717, 1.165) is 5.92 Å². The van der Waals surface area contributed by atoms with E-state index in [0.29, 0.717) is 0 Å². The molecular formula is C14H19N. The highest BCUT2D eigenvalue weighted by Crippen LogP contribution is 2.18. The number of nitrogens with one attached hydrogen (secondary N) is 1. The van der Waals surface area contributed by atoms with Crippen LogP contribution in [0.15, 0.2) is 30.8 Å². The summed E-state index contributed by atoms with van der Waals surface area (Å²) in [5, 5.41) is 3.41. The quantitative estimate of drug-likeness (QED) is 0.793. The first-order valence-corrected chi connectivity index (χ1v) is 5.80. The third-order valence-electron chi connectivity index (χ3n) is 3.20. The maximum Gasteiger partial charge on any atom is -0.00462 e. The minimum Gasteiger partial charge on any atom is -0.317 e. The molecule has 0 aromatic heterocycles. The van der Waals surface area contributed by atoms with Crippen LogP contribution >= 0.6 is 0 Å². The predicted octanol–water partition coefficient (Wildman–Crippen LogP) is 2.87. The SMILES string of the molecule is C=Cc1ccc(CC2CCNCC2)cc1. The molecule has 1 aromatic rings. The van der Waals surface area contributed by atoms with E-state index in [9.17, 15) is 0 Å². The van der Waals surface area contributed by atoms with Crippen LogP contribution in [0.5, 0.6) is 0 Å². The van der Waals surface area contributed by atoms with E-state index in [1.54, 1.807) is 0 Å². The fourth-order valence-corrected chi connectivity index (χ4v) is 2.21. The van der Waals surface area contributed by atoms with Gasteiger partial charge in [-0.2, -0.15) is 0 Å². The summed E-state index contributed by atoms with van der Waals surface area (Å²) in [5.74, 6) is 0.876. The molecule has 1 aliphatic rings. The van der Waals surface area contributed by atoms with Crippen molar-refractivity contribution in [2.75, 3.05) is 13.1 Å². The fourth-order valence-electron chi connectivity index (χ4n) is 2.21. The van der Waals surface area contributed by atoms with Crippen LogP contribution in [-0.4, -0.2) is 13.1 Å². The zero-order chi connectivity index (χ0) is 10.5. The van der Waals surface area contributed by atoms with Crippen molar-refractivity contribution in [3.8, 4) is 0 Å². The van der Waals surface area contributed by atoms with Gasteiger partial charge in [0.05, 0.1) is 0 Å². The first-order chi connectivity index (χ1) is 7.38. The normalized spacial score (nSPS) is 17.6. The van der Waals surface area contributed by atoms with Crippen LogP contribution in [0.2, 0.25) is 0 Å². The van der Waals surface area contributed by atoms with Gasteiger partial charge in [-0.3, -0.25) is 0 Å². The largest absolute Gasteiger partial charge is 0.317 e. The van der Waals surface area contributed by atoms with Crippen molar-refractivity contribution in [3.05, 3.63) is 42.0 Å². The minimum absolute atomic E-state index is 0.876. The molecule has 1 N–H and O–H groups in total. The van der Waals surface area contributed by atoms with Crippen LogP contribution in [0.25, 0.3) is 6.08 Å². The standard InChI is InChI=1S/C14H19N/c1-2-12-3-5-13(6-4-12)11-14-7-9-15-10-8-14/h2-6,14-15H,1,7-11H2. The van der Waals surface area contributed by atoms with E-state index in [2.05, 4.69) is 36.2 Å². The molecule has 1 saturated heterocycles. The maximum absolute atomic E-state index is 3.77. The highest BCUT2D eigenvalue weighted by atomic mass is 14.9. The Bertz CT molecular complexity index is 307. The number of hydrogen-bond donors (Lipinski definition) is 1. The van der Waals surface area contributed by atoms with Gasteiger partial charge < -0.3 is 5.32 Å². The van der Waals surface area contributed by atoms with Crippen molar-refractivity contribution >= 4 is 6.08 Å². The lowest BCUT2D eigenvalue weighted by Crippen LogP contribution is -2.28. The zero-order valence-corrected chi connectivity index (χ0v) is 9.21. The summed E-state index contributed by atoms with van der Waals surface area (Å²) in [6.45, 7) is 6.15. The fraction of sp³-hybridized carbons (Fsp3) is 0.429. The summed E-state index contributed by atoms with van der Waals surface area (Å²) in [6, 6.07) is 8.78. The van der Waals surface area contributed by atoms with Gasteiger partial charge in [0, 0.05) is 0 Å². The highest BCUT2D eigenvalue weighted by molar-refractivity contribution is 5.47. The summed E-state index contributed by atoms with van der Waals surface area (Å²) in [4.78, 5) is 0. The Hall–Kier alpha value is -1.08. The first-order valence-electron chi connectivity index (χ1n) is 5.80. The van der Waals surface area contributed by atoms with Crippen molar-refractivity contribution < 1.29 is 0 Å². The Labute approximate surface area is 92.2 Å². The smallest absolute Gasteiger partial charge is 0.00462 e. The van der Waals surface area contributed by atoms with E-state index in [1.165, 1.54) is 43.5 Å². The predicted molar refractivity (Wildman–Crippen MR) is 65.8 cm³/mol. The molecule has 0 atom stereocenters. The average Bonchev–Trinajstić information content (AvgIpc) is 2.31. The maximum atomic E-state index is 3.77. The van der Waals surface area contributed by atoms with Gasteiger partial charge in [-0.1, -0.05) is 36.9 Å². The van der Waals surface area contributed by atoms with Crippen molar-refractivity contribution in [3.63, 3.8) is 0 Å². The molecule has 1 aliphatic heterocycles. The van der Waals surface area contributed by atoms with E-state index in [4.69, 9.17) is 0 Å². The third-order valence-corrected chi connectivity index (χ3v) is 3.20. The Balaban J connectivity index is 1.94. The number of piperidine rings is 1. The number of rotatable bonds is 3. The molecule has 15 heavy (non-hydrogen) atoms. The van der Waals surface area contributed by atoms with Crippen LogP contribution in [0.1, 0.15) is 24.0 Å². The van der Waals surface area contributed by atoms with Crippen LogP contribution in [0.3, 0.4) is 0 Å². The zero-order valence-electron chi connectivity index (χ0n) is 9.21. The van der Waals surface area contributed by atoms with Gasteiger partial charge in [-0.05, 0) is 49.4 Å². The molecule has 1 aromatic carbocycles. The molecule has 1 heterocycles. The summed E-state index contributed by atoms with van der Waals surface area (Å²) < 4.78 is 0. The molecule has 1 heteroatoms. The molecule has 0 spiro atoms. The lowest BCUT2D eigenvalue weighted by molar-refractivity contribution is 0.372. The van der Waals surface area contributed by atoms with Gasteiger partial charge in [-0.25, -0.2) is 0 Å². The summed E-state index contributed by atoms with van der Waals surface area (Å²) in [7, 11) is 0. The van der Waals surface area contributed by atoms with Crippen molar-refractivity contribution in [1.82, 2.24) is 5.32 Å². The lowest BCUT2D eigenvalue weighted by atomic mass is 9.91. The number of benzene rings is 1. The van der Waals surface area contributed by atoms with Crippen LogP contribution in [0, 0.1) is 5.92 Å². The second kappa shape index (κ2) is 5.13. The van der Waals surface area contributed by atoms with E-state index < -0.39 is 0 Å². The van der Waals surface area contributed by atoms with Gasteiger partial charge in [0.25, 0.3) is 0 Å². The van der Waals surface area contributed by atoms with Crippen molar-refractivity contribution in [2.45, 2.75) is 19.3 Å². The van der Waals surface area contributed by atoms with Gasteiger partial charge in [0.1, 0.15) is 0 Å². The Morgan fingerprint density at radius 3 is 2.47 bits per heavy atom. The molecule has 2 rings (SSSR count). The summed E-state index contributed by atoms with van der Waals surface area (Å²) in [5.41, 5.74) is 2.68. The molecule has 1 fully saturated rings. The summed E-state index contributed by atoms with van der Waals surface area (Å²) in [6.07, 6.45) is 5.78. The highest BCUT2D eigenvalue weighted by Gasteiger charge is 2.12. The van der Waals surface area contributed by atoms with Gasteiger partial charge in [-0.15, -0.1) is 0 Å². The molecule has 0 bridgehead atoms. The topological polar surface area (TPSA) is 12.0 Å². The Morgan fingerprint density at radius 1 is 1.20 bits per heavy atom. The van der Waals surface area contributed by atoms with E-state index in [1.807, 2.05) is 6.08 Å². The van der Waals surface area contributed by atoms with E-state index >= 15 is 0 Å². The molecule has 0 unspecified atom stereocenters. The van der Waals surface area contributed by atoms with Crippen LogP contribution < -0.4 is 5.32 Å².